The molecule has 40 heavy (non-hydrogen) atoms. The van der Waals surface area contributed by atoms with Crippen LogP contribution in [0.25, 0.3) is 0 Å². The first-order valence-corrected chi connectivity index (χ1v) is 13.9. The van der Waals surface area contributed by atoms with E-state index in [9.17, 15) is 19.2 Å². The van der Waals surface area contributed by atoms with Gasteiger partial charge in [0.25, 0.3) is 5.24 Å². The fourth-order valence-corrected chi connectivity index (χ4v) is 5.61. The fourth-order valence-electron chi connectivity index (χ4n) is 4.70. The lowest BCUT2D eigenvalue weighted by Gasteiger charge is -2.33. The van der Waals surface area contributed by atoms with Gasteiger partial charge in [0.1, 0.15) is 12.4 Å². The summed E-state index contributed by atoms with van der Waals surface area (Å²) in [6.45, 7) is 0.481. The SMILES string of the molecule is COc1ccc(CN2C(=O)CSC2=O)c2c1N(Cc1ccc(NC(=O)OCc3ccccc3Cl)cc1)C(=O)CC2. The van der Waals surface area contributed by atoms with E-state index in [-0.39, 0.29) is 42.5 Å². The Kier molecular flexibility index (Phi) is 8.27. The minimum Gasteiger partial charge on any atom is -0.495 e. The molecular weight excluding hydrogens is 554 g/mol. The van der Waals surface area contributed by atoms with E-state index < -0.39 is 6.09 Å². The van der Waals surface area contributed by atoms with E-state index >= 15 is 0 Å². The molecule has 0 unspecified atom stereocenters. The summed E-state index contributed by atoms with van der Waals surface area (Å²) in [6.07, 6.45) is 0.166. The first-order valence-electron chi connectivity index (χ1n) is 12.6. The molecular formula is C29H26ClN3O6S. The van der Waals surface area contributed by atoms with Crippen molar-refractivity contribution in [3.63, 3.8) is 0 Å². The van der Waals surface area contributed by atoms with Gasteiger partial charge in [0.15, 0.2) is 0 Å². The van der Waals surface area contributed by atoms with Crippen LogP contribution in [0.1, 0.15) is 28.7 Å². The molecule has 0 aromatic heterocycles. The standard InChI is InChI=1S/C29H26ClN3O6S/c1-38-24-12-8-19(15-33-26(35)17-40-29(33)37)22-11-13-25(34)32(27(22)24)14-18-6-9-21(10-7-18)31-28(36)39-16-20-4-2-3-5-23(20)30/h2-10,12H,11,13-17H2,1H3,(H,31,36). The molecule has 0 aliphatic carbocycles. The number of benzene rings is 3. The average Bonchev–Trinajstić information content (AvgIpc) is 3.27. The van der Waals surface area contributed by atoms with E-state index in [0.29, 0.717) is 40.6 Å². The Bertz CT molecular complexity index is 1460. The van der Waals surface area contributed by atoms with Gasteiger partial charge in [-0.05, 0) is 47.4 Å². The minimum absolute atomic E-state index is 0.0445. The molecule has 0 bridgehead atoms. The van der Waals surface area contributed by atoms with Gasteiger partial charge in [-0.3, -0.25) is 24.6 Å². The molecule has 1 saturated heterocycles. The second-order valence-corrected chi connectivity index (χ2v) is 10.6. The van der Waals surface area contributed by atoms with Gasteiger partial charge in [0.2, 0.25) is 11.8 Å². The van der Waals surface area contributed by atoms with Crippen molar-refractivity contribution in [2.45, 2.75) is 32.5 Å². The van der Waals surface area contributed by atoms with Crippen molar-refractivity contribution in [3.05, 3.63) is 87.9 Å². The number of carbonyl (C=O) groups is 4. The fraction of sp³-hybridized carbons (Fsp3) is 0.241. The van der Waals surface area contributed by atoms with Gasteiger partial charge in [-0.1, -0.05) is 59.8 Å². The van der Waals surface area contributed by atoms with Crippen LogP contribution in [0.3, 0.4) is 0 Å². The van der Waals surface area contributed by atoms with Gasteiger partial charge in [0.05, 0.1) is 31.6 Å². The largest absolute Gasteiger partial charge is 0.495 e. The lowest BCUT2D eigenvalue weighted by atomic mass is 9.94. The van der Waals surface area contributed by atoms with E-state index in [1.807, 2.05) is 24.3 Å². The van der Waals surface area contributed by atoms with E-state index in [1.165, 1.54) is 4.90 Å². The Morgan fingerprint density at radius 2 is 1.70 bits per heavy atom. The highest BCUT2D eigenvalue weighted by molar-refractivity contribution is 8.14. The van der Waals surface area contributed by atoms with Crippen molar-refractivity contribution >= 4 is 57.9 Å². The van der Waals surface area contributed by atoms with Crippen LogP contribution >= 0.6 is 23.4 Å². The first kappa shape index (κ1) is 27.5. The average molecular weight is 580 g/mol. The van der Waals surface area contributed by atoms with Gasteiger partial charge in [-0.15, -0.1) is 0 Å². The number of nitrogens with zero attached hydrogens (tertiary/aromatic N) is 2. The number of carbonyl (C=O) groups excluding carboxylic acids is 4. The van der Waals surface area contributed by atoms with E-state index in [1.54, 1.807) is 48.4 Å². The third kappa shape index (κ3) is 5.93. The molecule has 9 nitrogen and oxygen atoms in total. The summed E-state index contributed by atoms with van der Waals surface area (Å²) in [4.78, 5) is 52.6. The molecule has 3 aromatic rings. The van der Waals surface area contributed by atoms with Crippen LogP contribution in [0.2, 0.25) is 5.02 Å². The Balaban J connectivity index is 1.29. The lowest BCUT2D eigenvalue weighted by Crippen LogP contribution is -2.36. The smallest absolute Gasteiger partial charge is 0.411 e. The number of nitrogens with one attached hydrogen (secondary N) is 1. The molecule has 11 heteroatoms. The summed E-state index contributed by atoms with van der Waals surface area (Å²) in [7, 11) is 1.54. The number of hydrogen-bond acceptors (Lipinski definition) is 7. The van der Waals surface area contributed by atoms with Crippen molar-refractivity contribution < 1.29 is 28.7 Å². The number of halogens is 1. The number of rotatable bonds is 8. The molecule has 206 valence electrons. The van der Waals surface area contributed by atoms with Gasteiger partial charge >= 0.3 is 6.09 Å². The van der Waals surface area contributed by atoms with Crippen LogP contribution in [0.15, 0.2) is 60.7 Å². The highest BCUT2D eigenvalue weighted by Gasteiger charge is 2.33. The summed E-state index contributed by atoms with van der Waals surface area (Å²) < 4.78 is 10.9. The summed E-state index contributed by atoms with van der Waals surface area (Å²) in [6, 6.07) is 17.9. The molecule has 0 spiro atoms. The number of ether oxygens (including phenoxy) is 2. The second kappa shape index (κ2) is 12.0. The number of hydrogen-bond donors (Lipinski definition) is 1. The summed E-state index contributed by atoms with van der Waals surface area (Å²) >= 11 is 7.10. The Hall–Kier alpha value is -4.02. The van der Waals surface area contributed by atoms with Crippen LogP contribution in [0.4, 0.5) is 21.0 Å². The van der Waals surface area contributed by atoms with Crippen LogP contribution in [0, 0.1) is 0 Å². The van der Waals surface area contributed by atoms with Crippen molar-refractivity contribution in [1.29, 1.82) is 0 Å². The van der Waals surface area contributed by atoms with E-state index in [0.717, 1.165) is 28.5 Å². The van der Waals surface area contributed by atoms with Gasteiger partial charge in [0, 0.05) is 22.7 Å². The predicted octanol–water partition coefficient (Wildman–Crippen LogP) is 5.77. The molecule has 2 aliphatic rings. The molecule has 1 N–H and O–H groups in total. The molecule has 1 fully saturated rings. The van der Waals surface area contributed by atoms with Crippen molar-refractivity contribution in [3.8, 4) is 5.75 Å². The topological polar surface area (TPSA) is 105 Å². The number of thioether (sulfide) groups is 1. The van der Waals surface area contributed by atoms with Crippen molar-refractivity contribution in [2.24, 2.45) is 0 Å². The zero-order chi connectivity index (χ0) is 28.2. The van der Waals surface area contributed by atoms with Gasteiger partial charge in [-0.25, -0.2) is 4.79 Å². The quantitative estimate of drug-likeness (QED) is 0.361. The maximum Gasteiger partial charge on any atom is 0.411 e. The molecule has 4 amide bonds. The van der Waals surface area contributed by atoms with Gasteiger partial charge < -0.3 is 14.4 Å². The molecule has 2 aliphatic heterocycles. The van der Waals surface area contributed by atoms with Crippen molar-refractivity contribution in [1.82, 2.24) is 4.90 Å². The van der Waals surface area contributed by atoms with E-state index in [2.05, 4.69) is 5.32 Å². The number of amides is 4. The van der Waals surface area contributed by atoms with E-state index in [4.69, 9.17) is 21.1 Å². The summed E-state index contributed by atoms with van der Waals surface area (Å²) in [5.74, 6) is 0.410. The number of fused-ring (bicyclic) bond motifs is 1. The van der Waals surface area contributed by atoms with Crippen LogP contribution in [-0.2, 0) is 40.4 Å². The highest BCUT2D eigenvalue weighted by Crippen LogP contribution is 2.40. The zero-order valence-electron chi connectivity index (χ0n) is 21.6. The monoisotopic (exact) mass is 579 g/mol. The molecule has 2 heterocycles. The number of anilines is 2. The third-order valence-corrected chi connectivity index (χ3v) is 7.98. The van der Waals surface area contributed by atoms with Gasteiger partial charge in [-0.2, -0.15) is 0 Å². The first-order chi connectivity index (χ1) is 19.3. The Morgan fingerprint density at radius 3 is 2.40 bits per heavy atom. The summed E-state index contributed by atoms with van der Waals surface area (Å²) in [5, 5.41) is 2.95. The predicted molar refractivity (Wildman–Crippen MR) is 153 cm³/mol. The van der Waals surface area contributed by atoms with Crippen LogP contribution in [0.5, 0.6) is 5.75 Å². The van der Waals surface area contributed by atoms with Crippen LogP contribution < -0.4 is 15.0 Å². The maximum atomic E-state index is 13.1. The molecule has 0 atom stereocenters. The Labute approximate surface area is 240 Å². The highest BCUT2D eigenvalue weighted by atomic mass is 35.5. The Morgan fingerprint density at radius 1 is 0.925 bits per heavy atom. The molecule has 5 rings (SSSR count). The molecule has 0 radical (unpaired) electrons. The second-order valence-electron chi connectivity index (χ2n) is 9.26. The minimum atomic E-state index is -0.613. The third-order valence-electron chi connectivity index (χ3n) is 6.75. The molecule has 0 saturated carbocycles. The van der Waals surface area contributed by atoms with Crippen LogP contribution in [-0.4, -0.2) is 40.9 Å². The maximum absolute atomic E-state index is 13.1. The van der Waals surface area contributed by atoms with Crippen molar-refractivity contribution in [2.75, 3.05) is 23.1 Å². The lowest BCUT2D eigenvalue weighted by molar-refractivity contribution is -0.125. The number of imide groups is 1. The normalized spacial score (nSPS) is 14.8. The zero-order valence-corrected chi connectivity index (χ0v) is 23.2. The number of methoxy groups -OCH3 is 1. The molecule has 3 aromatic carbocycles. The summed E-state index contributed by atoms with van der Waals surface area (Å²) in [5.41, 5.74) is 4.43.